The minimum atomic E-state index is -4.68. The molecule has 0 spiro atoms. The van der Waals surface area contributed by atoms with Gasteiger partial charge >= 0.3 is 6.18 Å². The van der Waals surface area contributed by atoms with Crippen molar-refractivity contribution in [1.82, 2.24) is 9.47 Å². The van der Waals surface area contributed by atoms with E-state index in [1.54, 1.807) is 68.4 Å². The molecule has 0 fully saturated rings. The summed E-state index contributed by atoms with van der Waals surface area (Å²) in [4.78, 5) is 15.1. The molecule has 8 heteroatoms. The Labute approximate surface area is 202 Å². The Morgan fingerprint density at radius 2 is 1.65 bits per heavy atom. The third-order valence-electron chi connectivity index (χ3n) is 5.73. The lowest BCUT2D eigenvalue weighted by atomic mass is 9.94. The first kappa shape index (κ1) is 25.8. The maximum atomic E-state index is 14.4. The molecule has 0 aliphatic heterocycles. The second-order valence-electron chi connectivity index (χ2n) is 9.26. The van der Waals surface area contributed by atoms with Crippen molar-refractivity contribution in [3.8, 4) is 11.1 Å². The second kappa shape index (κ2) is 9.84. The largest absolute Gasteiger partial charge is 0.431 e. The van der Waals surface area contributed by atoms with Crippen LogP contribution in [0.2, 0.25) is 5.02 Å². The van der Waals surface area contributed by atoms with Gasteiger partial charge in [-0.2, -0.15) is 13.2 Å². The topological polar surface area (TPSA) is 45.5 Å². The van der Waals surface area contributed by atoms with Crippen molar-refractivity contribution in [3.63, 3.8) is 0 Å². The van der Waals surface area contributed by atoms with Crippen LogP contribution in [-0.2, 0) is 12.7 Å². The molecule has 0 saturated carbocycles. The molecule has 4 nitrogen and oxygen atoms in total. The lowest BCUT2D eigenvalue weighted by Crippen LogP contribution is -2.39. The van der Waals surface area contributed by atoms with Gasteiger partial charge in [-0.1, -0.05) is 67.9 Å². The summed E-state index contributed by atoms with van der Waals surface area (Å²) in [6.07, 6.45) is -4.68. The molecule has 0 atom stereocenters. The van der Waals surface area contributed by atoms with E-state index in [0.29, 0.717) is 16.1 Å². The fraction of sp³-hybridized carbons (Fsp3) is 0.346. The fourth-order valence-electron chi connectivity index (χ4n) is 4.17. The molecule has 1 aromatic heterocycles. The number of nitrogens with zero attached hydrogens (tertiary/aromatic N) is 2. The zero-order valence-corrected chi connectivity index (χ0v) is 20.3. The minimum Gasteiger partial charge on any atom is -0.396 e. The third-order valence-corrected chi connectivity index (χ3v) is 5.99. The number of carbonyl (C=O) groups excluding carboxylic acids is 1. The van der Waals surface area contributed by atoms with Crippen molar-refractivity contribution in [2.75, 3.05) is 20.2 Å². The monoisotopic (exact) mass is 492 g/mol. The summed E-state index contributed by atoms with van der Waals surface area (Å²) in [6, 6.07) is 15.1. The lowest BCUT2D eigenvalue weighted by Gasteiger charge is -2.29. The van der Waals surface area contributed by atoms with Crippen LogP contribution in [0.1, 0.15) is 41.2 Å². The number of benzene rings is 2. The summed E-state index contributed by atoms with van der Waals surface area (Å²) < 4.78 is 44.2. The Morgan fingerprint density at radius 3 is 2.18 bits per heavy atom. The number of aliphatic hydroxyl groups excluding tert-OH is 1. The van der Waals surface area contributed by atoms with Crippen LogP contribution >= 0.6 is 11.6 Å². The summed E-state index contributed by atoms with van der Waals surface area (Å²) in [6.45, 7) is 4.83. The Morgan fingerprint density at radius 1 is 1.06 bits per heavy atom. The van der Waals surface area contributed by atoms with Gasteiger partial charge in [0.15, 0.2) is 0 Å². The highest BCUT2D eigenvalue weighted by atomic mass is 35.5. The highest BCUT2D eigenvalue weighted by Gasteiger charge is 2.41. The quantitative estimate of drug-likeness (QED) is 0.422. The van der Waals surface area contributed by atoms with E-state index in [-0.39, 0.29) is 36.5 Å². The smallest absolute Gasteiger partial charge is 0.396 e. The summed E-state index contributed by atoms with van der Waals surface area (Å²) in [7, 11) is 1.54. The molecule has 0 radical (unpaired) electrons. The van der Waals surface area contributed by atoms with Gasteiger partial charge in [-0.25, -0.2) is 0 Å². The number of hydrogen-bond acceptors (Lipinski definition) is 2. The standard InChI is InChI=1S/C26H28ClF3N2O2/c1-17-21(19-10-12-20(27)13-11-19)22(24(34)31(4)15-25(2,3)16-33)32(23(17)26(28,29)30)14-18-8-6-5-7-9-18/h5-13,33H,14-16H2,1-4H3. The lowest BCUT2D eigenvalue weighted by molar-refractivity contribution is -0.143. The van der Waals surface area contributed by atoms with E-state index in [0.717, 1.165) is 4.57 Å². The SMILES string of the molecule is Cc1c(-c2ccc(Cl)cc2)c(C(=O)N(C)CC(C)(C)CO)n(Cc2ccccc2)c1C(F)(F)F. The van der Waals surface area contributed by atoms with Crippen molar-refractivity contribution < 1.29 is 23.1 Å². The Hall–Kier alpha value is -2.77. The number of aromatic nitrogens is 1. The zero-order chi connectivity index (χ0) is 25.3. The molecule has 0 bridgehead atoms. The van der Waals surface area contributed by atoms with Crippen LogP contribution in [0, 0.1) is 12.3 Å². The van der Waals surface area contributed by atoms with E-state index in [1.165, 1.54) is 18.9 Å². The normalized spacial score (nSPS) is 12.1. The molecular weight excluding hydrogens is 465 g/mol. The van der Waals surface area contributed by atoms with E-state index < -0.39 is 23.2 Å². The molecule has 3 aromatic rings. The van der Waals surface area contributed by atoms with Crippen LogP contribution in [0.3, 0.4) is 0 Å². The highest BCUT2D eigenvalue weighted by molar-refractivity contribution is 6.30. The van der Waals surface area contributed by atoms with Crippen molar-refractivity contribution in [3.05, 3.63) is 82.1 Å². The van der Waals surface area contributed by atoms with Crippen molar-refractivity contribution in [2.24, 2.45) is 5.41 Å². The maximum Gasteiger partial charge on any atom is 0.431 e. The Balaban J connectivity index is 2.30. The van der Waals surface area contributed by atoms with Crippen LogP contribution in [0.15, 0.2) is 54.6 Å². The van der Waals surface area contributed by atoms with Gasteiger partial charge in [0, 0.05) is 42.7 Å². The van der Waals surface area contributed by atoms with Crippen molar-refractivity contribution in [1.29, 1.82) is 0 Å². The summed E-state index contributed by atoms with van der Waals surface area (Å²) in [5.74, 6) is -0.555. The summed E-state index contributed by atoms with van der Waals surface area (Å²) in [5.41, 5.74) is -0.228. The zero-order valence-electron chi connectivity index (χ0n) is 19.6. The number of aliphatic hydroxyl groups is 1. The molecule has 0 aliphatic rings. The van der Waals surface area contributed by atoms with Crippen LogP contribution in [-0.4, -0.2) is 40.7 Å². The Kier molecular flexibility index (Phi) is 7.48. The van der Waals surface area contributed by atoms with Gasteiger partial charge in [-0.3, -0.25) is 4.79 Å². The number of carbonyl (C=O) groups is 1. The summed E-state index contributed by atoms with van der Waals surface area (Å²) in [5, 5.41) is 10.1. The van der Waals surface area contributed by atoms with Gasteiger partial charge < -0.3 is 14.6 Å². The first-order chi connectivity index (χ1) is 15.9. The van der Waals surface area contributed by atoms with Crippen LogP contribution < -0.4 is 0 Å². The number of hydrogen-bond donors (Lipinski definition) is 1. The number of rotatable bonds is 7. The second-order valence-corrected chi connectivity index (χ2v) is 9.69. The predicted octanol–water partition coefficient (Wildman–Crippen LogP) is 6.27. The molecule has 34 heavy (non-hydrogen) atoms. The maximum absolute atomic E-state index is 14.4. The minimum absolute atomic E-state index is 0.0241. The van der Waals surface area contributed by atoms with Gasteiger partial charge in [0.2, 0.25) is 0 Å². The van der Waals surface area contributed by atoms with E-state index >= 15 is 0 Å². The first-order valence-electron chi connectivity index (χ1n) is 10.8. The summed E-state index contributed by atoms with van der Waals surface area (Å²) >= 11 is 6.01. The average molecular weight is 493 g/mol. The number of alkyl halides is 3. The van der Waals surface area contributed by atoms with Gasteiger partial charge in [-0.05, 0) is 35.7 Å². The third kappa shape index (κ3) is 5.47. The van der Waals surface area contributed by atoms with E-state index in [1.807, 2.05) is 0 Å². The van der Waals surface area contributed by atoms with Crippen molar-refractivity contribution in [2.45, 2.75) is 33.5 Å². The van der Waals surface area contributed by atoms with E-state index in [4.69, 9.17) is 11.6 Å². The predicted molar refractivity (Wildman–Crippen MR) is 128 cm³/mol. The number of halogens is 4. The molecule has 0 aliphatic carbocycles. The van der Waals surface area contributed by atoms with Crippen LogP contribution in [0.5, 0.6) is 0 Å². The molecule has 182 valence electrons. The van der Waals surface area contributed by atoms with E-state index in [9.17, 15) is 23.1 Å². The fourth-order valence-corrected chi connectivity index (χ4v) is 4.30. The first-order valence-corrected chi connectivity index (χ1v) is 11.2. The average Bonchev–Trinajstić information content (AvgIpc) is 3.06. The van der Waals surface area contributed by atoms with Crippen LogP contribution in [0.25, 0.3) is 11.1 Å². The highest BCUT2D eigenvalue weighted by Crippen LogP contribution is 2.42. The molecule has 1 heterocycles. The molecule has 2 aromatic carbocycles. The molecule has 0 unspecified atom stereocenters. The molecule has 1 N–H and O–H groups in total. The molecular formula is C26H28ClF3N2O2. The number of amides is 1. The van der Waals surface area contributed by atoms with Gasteiger partial charge in [0.05, 0.1) is 0 Å². The van der Waals surface area contributed by atoms with Gasteiger partial charge in [0.1, 0.15) is 11.4 Å². The van der Waals surface area contributed by atoms with Crippen molar-refractivity contribution >= 4 is 17.5 Å². The van der Waals surface area contributed by atoms with E-state index in [2.05, 4.69) is 0 Å². The van der Waals surface area contributed by atoms with Gasteiger partial charge in [-0.15, -0.1) is 0 Å². The van der Waals surface area contributed by atoms with Crippen LogP contribution in [0.4, 0.5) is 13.2 Å². The Bertz CT molecular complexity index is 1150. The molecule has 0 saturated heterocycles. The molecule has 1 amide bonds. The van der Waals surface area contributed by atoms with Gasteiger partial charge in [0.25, 0.3) is 5.91 Å². The molecule has 3 rings (SSSR count).